The van der Waals surface area contributed by atoms with E-state index in [4.69, 9.17) is 4.74 Å². The zero-order valence-corrected chi connectivity index (χ0v) is 22.7. The highest BCUT2D eigenvalue weighted by Gasteiger charge is 2.50. The van der Waals surface area contributed by atoms with E-state index in [9.17, 15) is 49.5 Å². The lowest BCUT2D eigenvalue weighted by Gasteiger charge is -2.36. The molecule has 1 aromatic carbocycles. The fourth-order valence-corrected chi connectivity index (χ4v) is 5.49. The number of halogens is 6. The van der Waals surface area contributed by atoms with Crippen molar-refractivity contribution in [2.24, 2.45) is 5.92 Å². The number of nitrogens with zero attached hydrogens (tertiary/aromatic N) is 2. The van der Waals surface area contributed by atoms with E-state index in [2.05, 4.69) is 9.72 Å². The van der Waals surface area contributed by atoms with E-state index >= 15 is 0 Å². The molecule has 0 saturated carbocycles. The van der Waals surface area contributed by atoms with Crippen LogP contribution in [0.5, 0.6) is 5.75 Å². The standard InChI is InChI=1S/C25H26F6N2O7S/c1-4-15(22(35)36)11-16-13-33(41(37,38)17-7-8-32-20(12-17)24(26,27)28)18-9-14(5-6-19(18)39-16)10-21(34)40-23(2,3)25(29,30)31/h5-9,12,15-16H,4,10-11,13H2,1-3H3,(H,35,36)/t15-,16-/m0/s1. The molecule has 41 heavy (non-hydrogen) atoms. The number of pyridine rings is 1. The van der Waals surface area contributed by atoms with Crippen molar-refractivity contribution in [3.05, 3.63) is 47.8 Å². The van der Waals surface area contributed by atoms with Crippen LogP contribution >= 0.6 is 0 Å². The van der Waals surface area contributed by atoms with Gasteiger partial charge in [-0.25, -0.2) is 8.42 Å². The second-order valence-corrected chi connectivity index (χ2v) is 11.7. The minimum Gasteiger partial charge on any atom is -0.486 e. The van der Waals surface area contributed by atoms with Crippen molar-refractivity contribution in [1.29, 1.82) is 0 Å². The van der Waals surface area contributed by atoms with Crippen molar-refractivity contribution in [2.75, 3.05) is 10.8 Å². The van der Waals surface area contributed by atoms with Gasteiger partial charge in [-0.15, -0.1) is 0 Å². The Morgan fingerprint density at radius 1 is 1.15 bits per heavy atom. The molecular weight excluding hydrogens is 586 g/mol. The summed E-state index contributed by atoms with van der Waals surface area (Å²) in [4.78, 5) is 26.3. The highest BCUT2D eigenvalue weighted by Crippen LogP contribution is 2.40. The molecule has 1 aliphatic heterocycles. The molecule has 0 radical (unpaired) electrons. The Morgan fingerprint density at radius 2 is 1.80 bits per heavy atom. The molecule has 2 aromatic rings. The van der Waals surface area contributed by atoms with Crippen LogP contribution in [-0.4, -0.2) is 54.9 Å². The lowest BCUT2D eigenvalue weighted by atomic mass is 9.98. The number of carboxylic acid groups (broad SMARTS) is 1. The molecule has 0 bridgehead atoms. The molecule has 0 amide bonds. The predicted octanol–water partition coefficient (Wildman–Crippen LogP) is 4.98. The number of sulfonamides is 1. The Morgan fingerprint density at radius 3 is 2.37 bits per heavy atom. The van der Waals surface area contributed by atoms with E-state index in [1.165, 1.54) is 12.1 Å². The number of fused-ring (bicyclic) bond motifs is 1. The lowest BCUT2D eigenvalue weighted by Crippen LogP contribution is -2.45. The molecule has 1 aromatic heterocycles. The Bertz CT molecular complexity index is 1410. The quantitative estimate of drug-likeness (QED) is 0.311. The average Bonchev–Trinajstić information content (AvgIpc) is 2.85. The summed E-state index contributed by atoms with van der Waals surface area (Å²) >= 11 is 0. The number of carbonyl (C=O) groups excluding carboxylic acids is 1. The molecule has 3 rings (SSSR count). The van der Waals surface area contributed by atoms with Crippen LogP contribution in [0.4, 0.5) is 32.0 Å². The Labute approximate surface area is 231 Å². The third-order valence-electron chi connectivity index (χ3n) is 6.35. The molecule has 0 unspecified atom stereocenters. The normalized spacial score (nSPS) is 16.9. The molecule has 2 atom stereocenters. The first-order valence-corrected chi connectivity index (χ1v) is 13.6. The molecule has 1 N–H and O–H groups in total. The maximum absolute atomic E-state index is 13.6. The topological polar surface area (TPSA) is 123 Å². The molecule has 16 heteroatoms. The Balaban J connectivity index is 2.03. The first kappa shape index (κ1) is 32.0. The number of ether oxygens (including phenoxy) is 2. The third kappa shape index (κ3) is 7.21. The molecule has 0 saturated heterocycles. The number of anilines is 1. The van der Waals surface area contributed by atoms with Crippen LogP contribution in [0.3, 0.4) is 0 Å². The van der Waals surface area contributed by atoms with Gasteiger partial charge in [-0.3, -0.25) is 18.9 Å². The van der Waals surface area contributed by atoms with Gasteiger partial charge in [0.2, 0.25) is 5.60 Å². The minimum absolute atomic E-state index is 0.0247. The van der Waals surface area contributed by atoms with Crippen LogP contribution in [0.1, 0.15) is 44.9 Å². The largest absolute Gasteiger partial charge is 0.486 e. The van der Waals surface area contributed by atoms with Gasteiger partial charge in [-0.05, 0) is 56.5 Å². The summed E-state index contributed by atoms with van der Waals surface area (Å²) in [6.45, 7) is 2.41. The smallest absolute Gasteiger partial charge is 0.433 e. The lowest BCUT2D eigenvalue weighted by molar-refractivity contribution is -0.257. The van der Waals surface area contributed by atoms with Crippen LogP contribution in [0.25, 0.3) is 0 Å². The maximum atomic E-state index is 13.6. The third-order valence-corrected chi connectivity index (χ3v) is 8.13. The van der Waals surface area contributed by atoms with Crippen molar-refractivity contribution < 1.29 is 58.9 Å². The number of carbonyl (C=O) groups is 2. The molecule has 2 heterocycles. The minimum atomic E-state index is -4.95. The van der Waals surface area contributed by atoms with E-state index in [-0.39, 0.29) is 29.8 Å². The molecule has 0 spiro atoms. The van der Waals surface area contributed by atoms with Gasteiger partial charge in [0.15, 0.2) is 0 Å². The van der Waals surface area contributed by atoms with Gasteiger partial charge < -0.3 is 14.6 Å². The van der Waals surface area contributed by atoms with Gasteiger partial charge in [-0.2, -0.15) is 26.3 Å². The summed E-state index contributed by atoms with van der Waals surface area (Å²) < 4.78 is 118. The van der Waals surface area contributed by atoms with E-state index in [1.807, 2.05) is 0 Å². The van der Waals surface area contributed by atoms with Crippen molar-refractivity contribution >= 4 is 27.6 Å². The van der Waals surface area contributed by atoms with Gasteiger partial charge in [0.05, 0.1) is 29.5 Å². The second-order valence-electron chi connectivity index (χ2n) is 9.79. The zero-order valence-electron chi connectivity index (χ0n) is 21.9. The maximum Gasteiger partial charge on any atom is 0.433 e. The van der Waals surface area contributed by atoms with E-state index < -0.39 is 75.5 Å². The molecular formula is C25H26F6N2O7S. The Kier molecular flexibility index (Phi) is 8.86. The number of hydrogen-bond acceptors (Lipinski definition) is 7. The summed E-state index contributed by atoms with van der Waals surface area (Å²) in [5.74, 6) is -3.44. The number of hydrogen-bond donors (Lipinski definition) is 1. The predicted molar refractivity (Wildman–Crippen MR) is 131 cm³/mol. The summed E-state index contributed by atoms with van der Waals surface area (Å²) in [6, 6.07) is 4.83. The monoisotopic (exact) mass is 612 g/mol. The number of benzene rings is 1. The first-order chi connectivity index (χ1) is 18.8. The molecule has 0 fully saturated rings. The molecule has 226 valence electrons. The van der Waals surface area contributed by atoms with Gasteiger partial charge >= 0.3 is 24.3 Å². The van der Waals surface area contributed by atoms with Crippen LogP contribution in [-0.2, 0) is 36.9 Å². The van der Waals surface area contributed by atoms with Gasteiger partial charge in [0, 0.05) is 6.20 Å². The summed E-state index contributed by atoms with van der Waals surface area (Å²) in [5.41, 5.74) is -4.46. The van der Waals surface area contributed by atoms with Crippen LogP contribution in [0, 0.1) is 5.92 Å². The van der Waals surface area contributed by atoms with Gasteiger partial charge in [-0.1, -0.05) is 13.0 Å². The fraction of sp³-hybridized carbons (Fsp3) is 0.480. The molecule has 9 nitrogen and oxygen atoms in total. The number of esters is 1. The van der Waals surface area contributed by atoms with Crippen molar-refractivity contribution in [3.63, 3.8) is 0 Å². The number of carboxylic acids is 1. The highest BCUT2D eigenvalue weighted by molar-refractivity contribution is 7.92. The van der Waals surface area contributed by atoms with E-state index in [0.29, 0.717) is 26.1 Å². The van der Waals surface area contributed by atoms with E-state index in [0.717, 1.165) is 16.4 Å². The average molecular weight is 613 g/mol. The second kappa shape index (κ2) is 11.4. The van der Waals surface area contributed by atoms with Crippen molar-refractivity contribution in [3.8, 4) is 5.75 Å². The highest BCUT2D eigenvalue weighted by atomic mass is 32.2. The number of aromatic nitrogens is 1. The zero-order chi connectivity index (χ0) is 31.0. The van der Waals surface area contributed by atoms with Crippen molar-refractivity contribution in [2.45, 2.75) is 69.0 Å². The SMILES string of the molecule is CC[C@@H](C[C@H]1CN(S(=O)(=O)c2ccnc(C(F)(F)F)c2)c2cc(CC(=O)OC(C)(C)C(F)(F)F)ccc2O1)C(=O)O. The summed E-state index contributed by atoms with van der Waals surface area (Å²) in [5, 5.41) is 9.45. The molecule has 1 aliphatic rings. The van der Waals surface area contributed by atoms with Gasteiger partial charge in [0.1, 0.15) is 17.5 Å². The van der Waals surface area contributed by atoms with Crippen LogP contribution in [0.2, 0.25) is 0 Å². The summed E-state index contributed by atoms with van der Waals surface area (Å²) in [6.07, 6.45) is -10.8. The number of aliphatic carboxylic acids is 1. The van der Waals surface area contributed by atoms with Crippen LogP contribution in [0.15, 0.2) is 41.4 Å². The first-order valence-electron chi connectivity index (χ1n) is 12.1. The number of rotatable bonds is 9. The van der Waals surface area contributed by atoms with Gasteiger partial charge in [0.25, 0.3) is 10.0 Å². The van der Waals surface area contributed by atoms with Crippen LogP contribution < -0.4 is 9.04 Å². The van der Waals surface area contributed by atoms with Crippen molar-refractivity contribution in [1.82, 2.24) is 4.98 Å². The Hall–Kier alpha value is -3.56. The van der Waals surface area contributed by atoms with E-state index in [1.54, 1.807) is 6.92 Å². The summed E-state index contributed by atoms with van der Waals surface area (Å²) in [7, 11) is -4.75. The fourth-order valence-electron chi connectivity index (χ4n) is 3.98. The number of alkyl halides is 6. The molecule has 0 aliphatic carbocycles.